The van der Waals surface area contributed by atoms with Crippen molar-refractivity contribution >= 4 is 0 Å². The molecule has 0 saturated carbocycles. The minimum absolute atomic E-state index is 0.192. The molecule has 0 N–H and O–H groups in total. The normalized spacial score (nSPS) is 22.1. The largest absolute Gasteiger partial charge is 0.379 e. The minimum atomic E-state index is 0.192. The first-order valence-corrected chi connectivity index (χ1v) is 7.84. The predicted molar refractivity (Wildman–Crippen MR) is 79.2 cm³/mol. The van der Waals surface area contributed by atoms with Gasteiger partial charge in [0.05, 0.1) is 38.6 Å². The highest BCUT2D eigenvalue weighted by Crippen LogP contribution is 2.15. The molecule has 120 valence electrons. The van der Waals surface area contributed by atoms with E-state index in [-0.39, 0.29) is 12.2 Å². The zero-order chi connectivity index (χ0) is 14.6. The van der Waals surface area contributed by atoms with E-state index in [1.165, 1.54) is 0 Å². The summed E-state index contributed by atoms with van der Waals surface area (Å²) in [4.78, 5) is 2.40. The summed E-state index contributed by atoms with van der Waals surface area (Å²) >= 11 is 0. The Labute approximate surface area is 123 Å². The van der Waals surface area contributed by atoms with Gasteiger partial charge in [-0.15, -0.1) is 0 Å². The Morgan fingerprint density at radius 2 is 2.00 bits per heavy atom. The molecule has 20 heavy (non-hydrogen) atoms. The van der Waals surface area contributed by atoms with Gasteiger partial charge in [-0.05, 0) is 13.3 Å². The molecule has 1 aliphatic heterocycles. The lowest BCUT2D eigenvalue weighted by molar-refractivity contribution is -0.105. The number of ether oxygens (including phenoxy) is 4. The van der Waals surface area contributed by atoms with E-state index in [1.54, 1.807) is 7.11 Å². The van der Waals surface area contributed by atoms with Crippen LogP contribution in [0.3, 0.4) is 0 Å². The van der Waals surface area contributed by atoms with Gasteiger partial charge in [-0.3, -0.25) is 4.90 Å². The van der Waals surface area contributed by atoms with Crippen molar-refractivity contribution in [1.82, 2.24) is 4.90 Å². The Bertz CT molecular complexity index is 228. The number of rotatable bonds is 11. The second-order valence-corrected chi connectivity index (χ2v) is 5.08. The van der Waals surface area contributed by atoms with Crippen LogP contribution in [0, 0.1) is 0 Å². The minimum Gasteiger partial charge on any atom is -0.379 e. The van der Waals surface area contributed by atoms with Gasteiger partial charge in [0.2, 0.25) is 0 Å². The molecule has 0 spiro atoms. The molecule has 0 aromatic carbocycles. The van der Waals surface area contributed by atoms with Gasteiger partial charge in [0.15, 0.2) is 0 Å². The van der Waals surface area contributed by atoms with Crippen molar-refractivity contribution in [2.24, 2.45) is 0 Å². The summed E-state index contributed by atoms with van der Waals surface area (Å²) in [7, 11) is 1.78. The highest BCUT2D eigenvalue weighted by atomic mass is 16.5. The molecule has 1 aliphatic rings. The van der Waals surface area contributed by atoms with Crippen LogP contribution in [0.1, 0.15) is 26.7 Å². The van der Waals surface area contributed by atoms with Crippen molar-refractivity contribution in [3.63, 3.8) is 0 Å². The maximum atomic E-state index is 5.85. The van der Waals surface area contributed by atoms with E-state index in [0.717, 1.165) is 52.3 Å². The lowest BCUT2D eigenvalue weighted by Gasteiger charge is -2.36. The van der Waals surface area contributed by atoms with Gasteiger partial charge in [0.1, 0.15) is 0 Å². The molecular formula is C15H31NO4. The van der Waals surface area contributed by atoms with Crippen molar-refractivity contribution in [2.75, 3.05) is 59.8 Å². The molecule has 1 heterocycles. The summed E-state index contributed by atoms with van der Waals surface area (Å²) in [6.07, 6.45) is 2.58. The standard InChI is InChI=1S/C15H31NO4/c1-4-6-14(17-3)15-13-16(8-10-20-15)7-9-19-12-11-18-5-2/h14-15H,4-13H2,1-3H3. The molecule has 1 fully saturated rings. The van der Waals surface area contributed by atoms with Gasteiger partial charge in [-0.2, -0.15) is 0 Å². The zero-order valence-corrected chi connectivity index (χ0v) is 13.3. The molecule has 0 aromatic rings. The summed E-state index contributed by atoms with van der Waals surface area (Å²) in [5.74, 6) is 0. The molecule has 0 radical (unpaired) electrons. The summed E-state index contributed by atoms with van der Waals surface area (Å²) in [5.41, 5.74) is 0. The molecule has 2 atom stereocenters. The molecule has 0 amide bonds. The highest BCUT2D eigenvalue weighted by Gasteiger charge is 2.27. The van der Waals surface area contributed by atoms with Crippen LogP contribution in [-0.4, -0.2) is 76.9 Å². The van der Waals surface area contributed by atoms with Gasteiger partial charge in [0, 0.05) is 33.4 Å². The van der Waals surface area contributed by atoms with E-state index < -0.39 is 0 Å². The van der Waals surface area contributed by atoms with Crippen LogP contribution in [0.25, 0.3) is 0 Å². The second kappa shape index (κ2) is 11.5. The van der Waals surface area contributed by atoms with Crippen LogP contribution in [0.5, 0.6) is 0 Å². The third-order valence-electron chi connectivity index (χ3n) is 3.60. The summed E-state index contributed by atoms with van der Waals surface area (Å²) in [5, 5.41) is 0. The maximum Gasteiger partial charge on any atom is 0.0963 e. The van der Waals surface area contributed by atoms with Crippen molar-refractivity contribution in [3.05, 3.63) is 0 Å². The first kappa shape index (κ1) is 17.9. The fraction of sp³-hybridized carbons (Fsp3) is 1.00. The average molecular weight is 289 g/mol. The molecule has 5 heteroatoms. The van der Waals surface area contributed by atoms with E-state index in [2.05, 4.69) is 11.8 Å². The van der Waals surface area contributed by atoms with Crippen LogP contribution in [0.2, 0.25) is 0 Å². The van der Waals surface area contributed by atoms with Gasteiger partial charge < -0.3 is 18.9 Å². The van der Waals surface area contributed by atoms with Gasteiger partial charge in [0.25, 0.3) is 0 Å². The van der Waals surface area contributed by atoms with Crippen LogP contribution in [0.15, 0.2) is 0 Å². The van der Waals surface area contributed by atoms with Crippen molar-refractivity contribution in [1.29, 1.82) is 0 Å². The molecule has 2 unspecified atom stereocenters. The Balaban J connectivity index is 2.16. The maximum absolute atomic E-state index is 5.85. The van der Waals surface area contributed by atoms with Crippen LogP contribution < -0.4 is 0 Å². The van der Waals surface area contributed by atoms with Crippen molar-refractivity contribution in [3.8, 4) is 0 Å². The number of nitrogens with zero attached hydrogens (tertiary/aromatic N) is 1. The predicted octanol–water partition coefficient (Wildman–Crippen LogP) is 1.56. The number of hydrogen-bond acceptors (Lipinski definition) is 5. The van der Waals surface area contributed by atoms with Gasteiger partial charge in [-0.25, -0.2) is 0 Å². The van der Waals surface area contributed by atoms with E-state index in [0.29, 0.717) is 13.2 Å². The first-order chi connectivity index (χ1) is 9.81. The Kier molecular flexibility index (Phi) is 10.2. The van der Waals surface area contributed by atoms with E-state index in [4.69, 9.17) is 18.9 Å². The SMILES string of the molecule is CCCC(OC)C1CN(CCOCCOCC)CCO1. The third kappa shape index (κ3) is 6.99. The van der Waals surface area contributed by atoms with Crippen LogP contribution >= 0.6 is 0 Å². The second-order valence-electron chi connectivity index (χ2n) is 5.08. The van der Waals surface area contributed by atoms with E-state index in [9.17, 15) is 0 Å². The first-order valence-electron chi connectivity index (χ1n) is 7.84. The quantitative estimate of drug-likeness (QED) is 0.540. The molecule has 0 bridgehead atoms. The van der Waals surface area contributed by atoms with Gasteiger partial charge >= 0.3 is 0 Å². The summed E-state index contributed by atoms with van der Waals surface area (Å²) in [6.45, 7) is 10.7. The monoisotopic (exact) mass is 289 g/mol. The lowest BCUT2D eigenvalue weighted by atomic mass is 10.1. The fourth-order valence-corrected chi connectivity index (χ4v) is 2.46. The van der Waals surface area contributed by atoms with Crippen LogP contribution in [-0.2, 0) is 18.9 Å². The highest BCUT2D eigenvalue weighted by molar-refractivity contribution is 4.78. The van der Waals surface area contributed by atoms with Crippen LogP contribution in [0.4, 0.5) is 0 Å². The zero-order valence-electron chi connectivity index (χ0n) is 13.3. The average Bonchev–Trinajstić information content (AvgIpc) is 2.48. The van der Waals surface area contributed by atoms with Crippen molar-refractivity contribution in [2.45, 2.75) is 38.9 Å². The summed E-state index contributed by atoms with van der Waals surface area (Å²) < 4.78 is 22.2. The van der Waals surface area contributed by atoms with E-state index in [1.807, 2.05) is 6.92 Å². The van der Waals surface area contributed by atoms with Crippen molar-refractivity contribution < 1.29 is 18.9 Å². The number of methoxy groups -OCH3 is 1. The Morgan fingerprint density at radius 1 is 1.20 bits per heavy atom. The Hall–Kier alpha value is -0.200. The molecule has 1 rings (SSSR count). The molecule has 1 saturated heterocycles. The Morgan fingerprint density at radius 3 is 2.70 bits per heavy atom. The molecular weight excluding hydrogens is 258 g/mol. The summed E-state index contributed by atoms with van der Waals surface area (Å²) in [6, 6.07) is 0. The number of hydrogen-bond donors (Lipinski definition) is 0. The fourth-order valence-electron chi connectivity index (χ4n) is 2.46. The third-order valence-corrected chi connectivity index (χ3v) is 3.60. The number of morpholine rings is 1. The molecule has 0 aliphatic carbocycles. The lowest BCUT2D eigenvalue weighted by Crippen LogP contribution is -2.49. The smallest absolute Gasteiger partial charge is 0.0963 e. The molecule has 0 aromatic heterocycles. The topological polar surface area (TPSA) is 40.2 Å². The van der Waals surface area contributed by atoms with E-state index >= 15 is 0 Å². The van der Waals surface area contributed by atoms with Gasteiger partial charge in [-0.1, -0.05) is 13.3 Å². The molecule has 5 nitrogen and oxygen atoms in total.